The molecule has 7 nitrogen and oxygen atoms in total. The average Bonchev–Trinajstić information content (AvgIpc) is 3.00. The topological polar surface area (TPSA) is 98.9 Å². The molecule has 1 unspecified atom stereocenters. The van der Waals surface area contributed by atoms with Crippen molar-refractivity contribution in [3.05, 3.63) is 53.0 Å². The normalized spacial score (nSPS) is 13.7. The van der Waals surface area contributed by atoms with E-state index in [2.05, 4.69) is 20.9 Å². The molecule has 2 aromatic rings. The minimum absolute atomic E-state index is 0.0810. The van der Waals surface area contributed by atoms with Crippen LogP contribution < -0.4 is 16.0 Å². The molecule has 0 saturated heterocycles. The maximum absolute atomic E-state index is 11.1. The Kier molecular flexibility index (Phi) is 7.84. The number of guanidine groups is 1. The van der Waals surface area contributed by atoms with Crippen molar-refractivity contribution < 1.29 is 14.3 Å². The van der Waals surface area contributed by atoms with E-state index in [-0.39, 0.29) is 12.5 Å². The molecular formula is C22H32N4O3. The number of rotatable bonds is 8. The standard InChI is InChI=1S/C22H32N4O3/c1-6-23-21(25-14-22(5,28)20-13-15(2)29-16(20)3)24-12-11-18-7-9-19(10-8-18)26-17(4)27/h7-10,13,28H,6,11-12,14H2,1-5H3,(H,26,27)(H2,23,24,25). The minimum atomic E-state index is -1.11. The number of nitrogens with zero attached hydrogens (tertiary/aromatic N) is 1. The van der Waals surface area contributed by atoms with Gasteiger partial charge in [-0.15, -0.1) is 0 Å². The second-order valence-electron chi connectivity index (χ2n) is 7.35. The van der Waals surface area contributed by atoms with Gasteiger partial charge in [0.05, 0.1) is 6.54 Å². The number of aliphatic hydroxyl groups is 1. The van der Waals surface area contributed by atoms with Gasteiger partial charge in [0, 0.05) is 31.3 Å². The number of benzene rings is 1. The molecule has 1 amide bonds. The first-order valence-electron chi connectivity index (χ1n) is 9.90. The molecule has 1 aromatic heterocycles. The highest BCUT2D eigenvalue weighted by atomic mass is 16.3. The van der Waals surface area contributed by atoms with Crippen LogP contribution in [0.1, 0.15) is 43.4 Å². The number of hydrogen-bond donors (Lipinski definition) is 4. The number of aliphatic imine (C=N–C) groups is 1. The Labute approximate surface area is 172 Å². The molecule has 0 bridgehead atoms. The Morgan fingerprint density at radius 3 is 2.45 bits per heavy atom. The van der Waals surface area contributed by atoms with Crippen LogP contribution in [-0.4, -0.2) is 36.6 Å². The van der Waals surface area contributed by atoms with E-state index in [1.54, 1.807) is 6.92 Å². The van der Waals surface area contributed by atoms with E-state index in [1.165, 1.54) is 6.92 Å². The molecule has 7 heteroatoms. The van der Waals surface area contributed by atoms with Crippen molar-refractivity contribution in [2.75, 3.05) is 25.0 Å². The Balaban J connectivity index is 1.93. The van der Waals surface area contributed by atoms with Crippen molar-refractivity contribution in [1.29, 1.82) is 0 Å². The molecule has 29 heavy (non-hydrogen) atoms. The van der Waals surface area contributed by atoms with E-state index in [9.17, 15) is 9.90 Å². The summed E-state index contributed by atoms with van der Waals surface area (Å²) in [5.41, 5.74) is 1.59. The highest BCUT2D eigenvalue weighted by molar-refractivity contribution is 5.88. The van der Waals surface area contributed by atoms with Gasteiger partial charge in [-0.05, 0) is 57.9 Å². The van der Waals surface area contributed by atoms with Crippen LogP contribution in [0.5, 0.6) is 0 Å². The quantitative estimate of drug-likeness (QED) is 0.403. The van der Waals surface area contributed by atoms with Crippen LogP contribution >= 0.6 is 0 Å². The summed E-state index contributed by atoms with van der Waals surface area (Å²) in [6.45, 7) is 10.6. The van der Waals surface area contributed by atoms with Crippen molar-refractivity contribution in [3.8, 4) is 0 Å². The number of aryl methyl sites for hydroxylation is 2. The van der Waals surface area contributed by atoms with E-state index < -0.39 is 5.60 Å². The number of furan rings is 1. The maximum Gasteiger partial charge on any atom is 0.221 e. The summed E-state index contributed by atoms with van der Waals surface area (Å²) in [7, 11) is 0. The van der Waals surface area contributed by atoms with Crippen LogP contribution in [0.3, 0.4) is 0 Å². The van der Waals surface area contributed by atoms with E-state index in [4.69, 9.17) is 4.42 Å². The highest BCUT2D eigenvalue weighted by Crippen LogP contribution is 2.27. The van der Waals surface area contributed by atoms with Crippen LogP contribution in [-0.2, 0) is 16.8 Å². The Bertz CT molecular complexity index is 838. The molecule has 0 aliphatic rings. The Morgan fingerprint density at radius 2 is 1.90 bits per heavy atom. The Hall–Kier alpha value is -2.80. The molecule has 0 radical (unpaired) electrons. The van der Waals surface area contributed by atoms with Gasteiger partial charge in [-0.3, -0.25) is 4.79 Å². The lowest BCUT2D eigenvalue weighted by Crippen LogP contribution is -2.39. The lowest BCUT2D eigenvalue weighted by molar-refractivity contribution is -0.114. The molecule has 0 saturated carbocycles. The largest absolute Gasteiger partial charge is 0.466 e. The lowest BCUT2D eigenvalue weighted by atomic mass is 9.96. The first-order valence-corrected chi connectivity index (χ1v) is 9.90. The summed E-state index contributed by atoms with van der Waals surface area (Å²) < 4.78 is 5.54. The number of nitrogens with one attached hydrogen (secondary N) is 3. The highest BCUT2D eigenvalue weighted by Gasteiger charge is 2.27. The molecule has 0 fully saturated rings. The molecular weight excluding hydrogens is 368 g/mol. The summed E-state index contributed by atoms with van der Waals surface area (Å²) in [6.07, 6.45) is 0.807. The molecule has 2 rings (SSSR count). The first-order chi connectivity index (χ1) is 13.7. The monoisotopic (exact) mass is 400 g/mol. The zero-order chi connectivity index (χ0) is 21.4. The third kappa shape index (κ3) is 6.94. The first kappa shape index (κ1) is 22.5. The number of anilines is 1. The van der Waals surface area contributed by atoms with Crippen LogP contribution in [0.2, 0.25) is 0 Å². The van der Waals surface area contributed by atoms with E-state index in [1.807, 2.05) is 51.1 Å². The fourth-order valence-electron chi connectivity index (χ4n) is 3.11. The Morgan fingerprint density at radius 1 is 1.21 bits per heavy atom. The molecule has 1 heterocycles. The molecule has 1 aromatic carbocycles. The molecule has 4 N–H and O–H groups in total. The average molecular weight is 401 g/mol. The summed E-state index contributed by atoms with van der Waals surface area (Å²) in [5, 5.41) is 20.1. The number of carbonyl (C=O) groups excluding carboxylic acids is 1. The van der Waals surface area contributed by atoms with Gasteiger partial charge >= 0.3 is 0 Å². The van der Waals surface area contributed by atoms with Gasteiger partial charge in [-0.1, -0.05) is 12.1 Å². The molecule has 1 atom stereocenters. The molecule has 158 valence electrons. The minimum Gasteiger partial charge on any atom is -0.466 e. The summed E-state index contributed by atoms with van der Waals surface area (Å²) in [6, 6.07) is 9.62. The number of carbonyl (C=O) groups is 1. The van der Waals surface area contributed by atoms with Gasteiger partial charge in [0.1, 0.15) is 17.1 Å². The van der Waals surface area contributed by atoms with Crippen molar-refractivity contribution in [2.24, 2.45) is 4.99 Å². The second-order valence-corrected chi connectivity index (χ2v) is 7.35. The van der Waals surface area contributed by atoms with Gasteiger partial charge in [-0.25, -0.2) is 4.99 Å². The van der Waals surface area contributed by atoms with E-state index in [0.29, 0.717) is 18.3 Å². The van der Waals surface area contributed by atoms with Gasteiger partial charge < -0.3 is 25.5 Å². The summed E-state index contributed by atoms with van der Waals surface area (Å²) in [4.78, 5) is 15.6. The van der Waals surface area contributed by atoms with Crippen LogP contribution in [0.4, 0.5) is 5.69 Å². The summed E-state index contributed by atoms with van der Waals surface area (Å²) >= 11 is 0. The van der Waals surface area contributed by atoms with Crippen molar-refractivity contribution in [2.45, 2.75) is 46.6 Å². The van der Waals surface area contributed by atoms with Crippen LogP contribution in [0.15, 0.2) is 39.7 Å². The van der Waals surface area contributed by atoms with Crippen molar-refractivity contribution in [3.63, 3.8) is 0 Å². The number of hydrogen-bond acceptors (Lipinski definition) is 4. The molecule has 0 spiro atoms. The molecule has 0 aliphatic heterocycles. The van der Waals surface area contributed by atoms with Gasteiger partial charge in [0.15, 0.2) is 5.96 Å². The fraction of sp³-hybridized carbons (Fsp3) is 0.455. The van der Waals surface area contributed by atoms with E-state index in [0.717, 1.165) is 35.5 Å². The smallest absolute Gasteiger partial charge is 0.221 e. The van der Waals surface area contributed by atoms with Gasteiger partial charge in [-0.2, -0.15) is 0 Å². The van der Waals surface area contributed by atoms with Crippen LogP contribution in [0.25, 0.3) is 0 Å². The third-order valence-electron chi connectivity index (χ3n) is 4.49. The predicted octanol–water partition coefficient (Wildman–Crippen LogP) is 2.86. The zero-order valence-corrected chi connectivity index (χ0v) is 17.9. The lowest BCUT2D eigenvalue weighted by Gasteiger charge is -2.21. The SMILES string of the molecule is CCNC(=NCC(C)(O)c1cc(C)oc1C)NCCc1ccc(NC(C)=O)cc1. The molecule has 0 aliphatic carbocycles. The predicted molar refractivity (Wildman–Crippen MR) is 116 cm³/mol. The number of amides is 1. The van der Waals surface area contributed by atoms with Gasteiger partial charge in [0.2, 0.25) is 5.91 Å². The second kappa shape index (κ2) is 10.1. The van der Waals surface area contributed by atoms with Crippen LogP contribution in [0, 0.1) is 13.8 Å². The maximum atomic E-state index is 11.1. The van der Waals surface area contributed by atoms with Crippen molar-refractivity contribution in [1.82, 2.24) is 10.6 Å². The van der Waals surface area contributed by atoms with Gasteiger partial charge in [0.25, 0.3) is 0 Å². The summed E-state index contributed by atoms with van der Waals surface area (Å²) in [5.74, 6) is 2.06. The fourth-order valence-corrected chi connectivity index (χ4v) is 3.11. The third-order valence-corrected chi connectivity index (χ3v) is 4.49. The van der Waals surface area contributed by atoms with Crippen molar-refractivity contribution >= 4 is 17.6 Å². The van der Waals surface area contributed by atoms with E-state index >= 15 is 0 Å². The zero-order valence-electron chi connectivity index (χ0n) is 17.9.